The fraction of sp³-hybridized carbons (Fsp3) is 0.208. The number of para-hydroxylation sites is 2. The Balaban J connectivity index is 1.51. The minimum Gasteiger partial charge on any atom is -0.495 e. The maximum atomic E-state index is 12.9. The van der Waals surface area contributed by atoms with Crippen LogP contribution in [0, 0.1) is 0 Å². The number of methoxy groups -OCH3 is 1. The van der Waals surface area contributed by atoms with E-state index in [0.717, 1.165) is 30.9 Å². The van der Waals surface area contributed by atoms with Gasteiger partial charge in [0.15, 0.2) is 0 Å². The molecule has 3 aromatic rings. The van der Waals surface area contributed by atoms with Crippen molar-refractivity contribution < 1.29 is 9.53 Å². The van der Waals surface area contributed by atoms with Crippen molar-refractivity contribution in [1.82, 2.24) is 0 Å². The third-order valence-electron chi connectivity index (χ3n) is 5.36. The molecule has 4 rings (SSSR count). The lowest BCUT2D eigenvalue weighted by molar-refractivity contribution is 0.0992. The first-order valence-electron chi connectivity index (χ1n) is 9.50. The number of rotatable bonds is 4. The van der Waals surface area contributed by atoms with Gasteiger partial charge >= 0.3 is 0 Å². The maximum Gasteiger partial charge on any atom is 0.258 e. The summed E-state index contributed by atoms with van der Waals surface area (Å²) >= 11 is 0. The average molecular weight is 372 g/mol. The van der Waals surface area contributed by atoms with Gasteiger partial charge in [0.1, 0.15) is 5.75 Å². The van der Waals surface area contributed by atoms with Gasteiger partial charge in [0, 0.05) is 31.4 Å². The minimum atomic E-state index is -0.0555. The second-order valence-electron chi connectivity index (χ2n) is 7.02. The van der Waals surface area contributed by atoms with Crippen LogP contribution in [0.25, 0.3) is 0 Å². The van der Waals surface area contributed by atoms with Gasteiger partial charge in [-0.25, -0.2) is 0 Å². The summed E-state index contributed by atoms with van der Waals surface area (Å²) in [5, 5.41) is 0. The number of hydrogen-bond donors (Lipinski definition) is 0. The summed E-state index contributed by atoms with van der Waals surface area (Å²) < 4.78 is 5.38. The number of carbonyl (C=O) groups excluding carboxylic acids is 1. The van der Waals surface area contributed by atoms with Crippen LogP contribution in [-0.4, -0.2) is 26.6 Å². The van der Waals surface area contributed by atoms with E-state index in [4.69, 9.17) is 4.74 Å². The molecule has 0 fully saturated rings. The summed E-state index contributed by atoms with van der Waals surface area (Å²) in [5.74, 6) is 0.627. The zero-order valence-electron chi connectivity index (χ0n) is 16.3. The first kappa shape index (κ1) is 18.1. The van der Waals surface area contributed by atoms with Crippen molar-refractivity contribution >= 4 is 17.3 Å². The summed E-state index contributed by atoms with van der Waals surface area (Å²) in [5.41, 5.74) is 5.38. The summed E-state index contributed by atoms with van der Waals surface area (Å²) in [4.78, 5) is 16.9. The predicted octanol–water partition coefficient (Wildman–Crippen LogP) is 4.53. The molecule has 1 aliphatic heterocycles. The Hall–Kier alpha value is -3.27. The maximum absolute atomic E-state index is 12.9. The summed E-state index contributed by atoms with van der Waals surface area (Å²) in [6, 6.07) is 24.0. The van der Waals surface area contributed by atoms with Crippen molar-refractivity contribution in [1.29, 1.82) is 0 Å². The molecular weight excluding hydrogens is 348 g/mol. The Kier molecular flexibility index (Phi) is 5.02. The first-order chi connectivity index (χ1) is 13.7. The summed E-state index contributed by atoms with van der Waals surface area (Å²) in [6.07, 6.45) is 1.05. The van der Waals surface area contributed by atoms with E-state index in [0.29, 0.717) is 11.3 Å². The minimum absolute atomic E-state index is 0.0555. The van der Waals surface area contributed by atoms with E-state index in [1.54, 1.807) is 19.1 Å². The van der Waals surface area contributed by atoms with Gasteiger partial charge in [-0.1, -0.05) is 36.4 Å². The molecule has 0 aromatic heterocycles. The number of nitrogens with zero attached hydrogens (tertiary/aromatic N) is 2. The molecule has 4 nitrogen and oxygen atoms in total. The van der Waals surface area contributed by atoms with Crippen molar-refractivity contribution in [3.8, 4) is 5.75 Å². The Bertz CT molecular complexity index is 982. The highest BCUT2D eigenvalue weighted by molar-refractivity contribution is 6.06. The van der Waals surface area contributed by atoms with Crippen molar-refractivity contribution in [3.63, 3.8) is 0 Å². The van der Waals surface area contributed by atoms with Gasteiger partial charge in [0.05, 0.1) is 12.8 Å². The largest absolute Gasteiger partial charge is 0.495 e. The van der Waals surface area contributed by atoms with Gasteiger partial charge in [-0.15, -0.1) is 0 Å². The van der Waals surface area contributed by atoms with Crippen LogP contribution in [0.4, 0.5) is 11.4 Å². The molecule has 0 bridgehead atoms. The highest BCUT2D eigenvalue weighted by atomic mass is 16.5. The van der Waals surface area contributed by atoms with Crippen molar-refractivity contribution in [3.05, 3.63) is 89.5 Å². The Morgan fingerprint density at radius 1 is 0.929 bits per heavy atom. The fourth-order valence-electron chi connectivity index (χ4n) is 3.74. The second-order valence-corrected chi connectivity index (χ2v) is 7.02. The van der Waals surface area contributed by atoms with E-state index in [1.165, 1.54) is 11.1 Å². The second kappa shape index (κ2) is 7.77. The molecule has 0 spiro atoms. The first-order valence-corrected chi connectivity index (χ1v) is 9.50. The molecule has 0 saturated heterocycles. The zero-order valence-corrected chi connectivity index (χ0v) is 16.3. The van der Waals surface area contributed by atoms with Gasteiger partial charge in [0.25, 0.3) is 5.91 Å². The number of benzene rings is 3. The molecule has 142 valence electrons. The van der Waals surface area contributed by atoms with Crippen molar-refractivity contribution in [2.75, 3.05) is 30.5 Å². The monoisotopic (exact) mass is 372 g/mol. The lowest BCUT2D eigenvalue weighted by atomic mass is 9.99. The van der Waals surface area contributed by atoms with Crippen LogP contribution < -0.4 is 14.5 Å². The number of hydrogen-bond acceptors (Lipinski definition) is 3. The van der Waals surface area contributed by atoms with Crippen LogP contribution in [0.3, 0.4) is 0 Å². The van der Waals surface area contributed by atoms with Crippen LogP contribution in [-0.2, 0) is 13.0 Å². The highest BCUT2D eigenvalue weighted by Gasteiger charge is 2.19. The number of fused-ring (bicyclic) bond motifs is 1. The molecule has 0 N–H and O–H groups in total. The topological polar surface area (TPSA) is 32.8 Å². The SMILES string of the molecule is COc1ccccc1N(C)C(=O)c1ccc(N2CCc3ccccc3C2)cc1. The van der Waals surface area contributed by atoms with E-state index < -0.39 is 0 Å². The number of amides is 1. The van der Waals surface area contributed by atoms with Crippen LogP contribution in [0.5, 0.6) is 5.75 Å². The number of ether oxygens (including phenoxy) is 1. The molecule has 1 amide bonds. The lowest BCUT2D eigenvalue weighted by Crippen LogP contribution is -2.30. The zero-order chi connectivity index (χ0) is 19.5. The van der Waals surface area contributed by atoms with Crippen LogP contribution in [0.15, 0.2) is 72.8 Å². The van der Waals surface area contributed by atoms with Crippen LogP contribution in [0.2, 0.25) is 0 Å². The molecule has 0 radical (unpaired) electrons. The van der Waals surface area contributed by atoms with E-state index in [9.17, 15) is 4.79 Å². The predicted molar refractivity (Wildman–Crippen MR) is 113 cm³/mol. The average Bonchev–Trinajstić information content (AvgIpc) is 2.77. The van der Waals surface area contributed by atoms with Gasteiger partial charge in [0.2, 0.25) is 0 Å². The van der Waals surface area contributed by atoms with Crippen LogP contribution >= 0.6 is 0 Å². The molecule has 0 saturated carbocycles. The molecular formula is C24H24N2O2. The van der Waals surface area contributed by atoms with E-state index in [2.05, 4.69) is 29.2 Å². The van der Waals surface area contributed by atoms with Gasteiger partial charge < -0.3 is 14.5 Å². The van der Waals surface area contributed by atoms with Crippen molar-refractivity contribution in [2.45, 2.75) is 13.0 Å². The third kappa shape index (κ3) is 3.46. The Morgan fingerprint density at radius 2 is 1.61 bits per heavy atom. The van der Waals surface area contributed by atoms with E-state index in [-0.39, 0.29) is 5.91 Å². The number of carbonyl (C=O) groups is 1. The third-order valence-corrected chi connectivity index (χ3v) is 5.36. The Labute approximate surface area is 166 Å². The highest BCUT2D eigenvalue weighted by Crippen LogP contribution is 2.29. The lowest BCUT2D eigenvalue weighted by Gasteiger charge is -2.31. The summed E-state index contributed by atoms with van der Waals surface area (Å²) in [6.45, 7) is 1.90. The number of anilines is 2. The Morgan fingerprint density at radius 3 is 2.36 bits per heavy atom. The van der Waals surface area contributed by atoms with Gasteiger partial charge in [-0.2, -0.15) is 0 Å². The van der Waals surface area contributed by atoms with Gasteiger partial charge in [-0.3, -0.25) is 4.79 Å². The molecule has 1 heterocycles. The molecule has 4 heteroatoms. The van der Waals surface area contributed by atoms with Gasteiger partial charge in [-0.05, 0) is 53.9 Å². The quantitative estimate of drug-likeness (QED) is 0.674. The smallest absolute Gasteiger partial charge is 0.258 e. The molecule has 0 unspecified atom stereocenters. The molecule has 0 atom stereocenters. The van der Waals surface area contributed by atoms with Crippen LogP contribution in [0.1, 0.15) is 21.5 Å². The molecule has 28 heavy (non-hydrogen) atoms. The molecule has 1 aliphatic rings. The van der Waals surface area contributed by atoms with E-state index >= 15 is 0 Å². The molecule has 0 aliphatic carbocycles. The van der Waals surface area contributed by atoms with Crippen molar-refractivity contribution in [2.24, 2.45) is 0 Å². The standard InChI is InChI=1S/C24H24N2O2/c1-25(22-9-5-6-10-23(22)28-2)24(27)19-11-13-21(14-12-19)26-16-15-18-7-3-4-8-20(18)17-26/h3-14H,15-17H2,1-2H3. The molecule has 3 aromatic carbocycles. The summed E-state index contributed by atoms with van der Waals surface area (Å²) in [7, 11) is 3.39. The normalized spacial score (nSPS) is 13.0. The van der Waals surface area contributed by atoms with E-state index in [1.807, 2.05) is 48.5 Å². The fourth-order valence-corrected chi connectivity index (χ4v) is 3.74.